The lowest BCUT2D eigenvalue weighted by atomic mass is 9.64. The van der Waals surface area contributed by atoms with E-state index in [0.29, 0.717) is 0 Å². The first-order valence-corrected chi connectivity index (χ1v) is 10.4. The molecule has 1 saturated heterocycles. The van der Waals surface area contributed by atoms with Gasteiger partial charge >= 0.3 is 0 Å². The predicted molar refractivity (Wildman–Crippen MR) is 111 cm³/mol. The number of allylic oxidation sites excluding steroid dienone is 5. The lowest BCUT2D eigenvalue weighted by Crippen LogP contribution is -2.39. The third-order valence-electron chi connectivity index (χ3n) is 6.04. The molecule has 1 N–H and O–H groups in total. The van der Waals surface area contributed by atoms with Gasteiger partial charge in [-0.3, -0.25) is 4.99 Å². The molecule has 1 aliphatic carbocycles. The maximum absolute atomic E-state index is 4.67. The Labute approximate surface area is 155 Å². The minimum absolute atomic E-state index is 0.230. The molecule has 0 unspecified atom stereocenters. The van der Waals surface area contributed by atoms with E-state index < -0.39 is 0 Å². The van der Waals surface area contributed by atoms with Gasteiger partial charge in [-0.15, -0.1) is 0 Å². The standard InChI is InChI=1S/C23H38N2/c1-5-6-7-8-9-14-25-18-21-10-11-22(20(4)17-21)23(19(2)3)12-15-24-16-13-23/h17-18,24H,2,5-16H2,1,3-4H3/b25-18+. The summed E-state index contributed by atoms with van der Waals surface area (Å²) in [5.74, 6) is 0. The zero-order valence-corrected chi connectivity index (χ0v) is 16.8. The molecule has 1 fully saturated rings. The summed E-state index contributed by atoms with van der Waals surface area (Å²) in [4.78, 5) is 4.67. The Balaban J connectivity index is 1.97. The molecule has 0 spiro atoms. The minimum Gasteiger partial charge on any atom is -0.317 e. The SMILES string of the molecule is C=C(C)C1(C2=C(C)C=C(/C=N/CCCCCCC)CC2)CCNCC1. The molecule has 1 heterocycles. The Hall–Kier alpha value is -1.15. The average molecular weight is 343 g/mol. The molecule has 140 valence electrons. The highest BCUT2D eigenvalue weighted by Gasteiger charge is 2.37. The van der Waals surface area contributed by atoms with Gasteiger partial charge in [-0.05, 0) is 64.6 Å². The normalized spacial score (nSPS) is 20.8. The molecule has 0 atom stereocenters. The Morgan fingerprint density at radius 3 is 2.56 bits per heavy atom. The molecule has 1 aliphatic heterocycles. The summed E-state index contributed by atoms with van der Waals surface area (Å²) in [6.45, 7) is 14.3. The Bertz CT molecular complexity index is 530. The first-order chi connectivity index (χ1) is 12.1. The number of piperidine rings is 1. The van der Waals surface area contributed by atoms with Crippen LogP contribution in [-0.2, 0) is 0 Å². The van der Waals surface area contributed by atoms with Crippen LogP contribution in [0, 0.1) is 5.41 Å². The quantitative estimate of drug-likeness (QED) is 0.310. The van der Waals surface area contributed by atoms with E-state index in [0.717, 1.165) is 26.1 Å². The lowest BCUT2D eigenvalue weighted by molar-refractivity contribution is 0.295. The molecular weight excluding hydrogens is 304 g/mol. The molecule has 0 bridgehead atoms. The molecule has 0 amide bonds. The van der Waals surface area contributed by atoms with Crippen molar-refractivity contribution in [3.8, 4) is 0 Å². The van der Waals surface area contributed by atoms with Crippen molar-refractivity contribution >= 4 is 6.21 Å². The van der Waals surface area contributed by atoms with Crippen molar-refractivity contribution in [2.24, 2.45) is 10.4 Å². The Morgan fingerprint density at radius 2 is 1.92 bits per heavy atom. The van der Waals surface area contributed by atoms with E-state index in [-0.39, 0.29) is 5.41 Å². The van der Waals surface area contributed by atoms with E-state index in [1.807, 2.05) is 0 Å². The highest BCUT2D eigenvalue weighted by atomic mass is 14.9. The first-order valence-electron chi connectivity index (χ1n) is 10.4. The fraction of sp³-hybridized carbons (Fsp3) is 0.696. The molecule has 2 rings (SSSR count). The molecule has 2 heteroatoms. The van der Waals surface area contributed by atoms with Crippen LogP contribution >= 0.6 is 0 Å². The van der Waals surface area contributed by atoms with Crippen molar-refractivity contribution in [3.63, 3.8) is 0 Å². The summed E-state index contributed by atoms with van der Waals surface area (Å²) in [5.41, 5.74) is 6.08. The van der Waals surface area contributed by atoms with Crippen molar-refractivity contribution in [3.05, 3.63) is 34.9 Å². The van der Waals surface area contributed by atoms with Crippen LogP contribution in [0.5, 0.6) is 0 Å². The van der Waals surface area contributed by atoms with Gasteiger partial charge in [-0.25, -0.2) is 0 Å². The molecule has 0 aromatic rings. The largest absolute Gasteiger partial charge is 0.317 e. The number of hydrogen-bond donors (Lipinski definition) is 1. The molecular formula is C23H38N2. The number of unbranched alkanes of at least 4 members (excludes halogenated alkanes) is 4. The summed E-state index contributed by atoms with van der Waals surface area (Å²) >= 11 is 0. The van der Waals surface area contributed by atoms with Gasteiger partial charge in [0.2, 0.25) is 0 Å². The van der Waals surface area contributed by atoms with Crippen LogP contribution < -0.4 is 5.32 Å². The molecule has 2 aliphatic rings. The Morgan fingerprint density at radius 1 is 1.20 bits per heavy atom. The van der Waals surface area contributed by atoms with Gasteiger partial charge in [0.05, 0.1) is 0 Å². The van der Waals surface area contributed by atoms with E-state index in [9.17, 15) is 0 Å². The fourth-order valence-corrected chi connectivity index (χ4v) is 4.45. The number of rotatable bonds is 9. The minimum atomic E-state index is 0.230. The zero-order valence-electron chi connectivity index (χ0n) is 16.8. The molecule has 0 radical (unpaired) electrons. The maximum Gasteiger partial charge on any atom is 0.0389 e. The van der Waals surface area contributed by atoms with Crippen molar-refractivity contribution in [2.45, 2.75) is 78.6 Å². The molecule has 0 aromatic heterocycles. The summed E-state index contributed by atoms with van der Waals surface area (Å²) in [6, 6.07) is 0. The van der Waals surface area contributed by atoms with Gasteiger partial charge in [0.1, 0.15) is 0 Å². The van der Waals surface area contributed by atoms with Crippen LogP contribution in [0.3, 0.4) is 0 Å². The van der Waals surface area contributed by atoms with E-state index >= 15 is 0 Å². The highest BCUT2D eigenvalue weighted by Crippen LogP contribution is 2.47. The van der Waals surface area contributed by atoms with Crippen LogP contribution in [-0.4, -0.2) is 25.8 Å². The van der Waals surface area contributed by atoms with Crippen LogP contribution in [0.25, 0.3) is 0 Å². The second kappa shape index (κ2) is 10.1. The van der Waals surface area contributed by atoms with Crippen molar-refractivity contribution in [2.75, 3.05) is 19.6 Å². The number of aliphatic imine (C=N–C) groups is 1. The third-order valence-corrected chi connectivity index (χ3v) is 6.04. The predicted octanol–water partition coefficient (Wildman–Crippen LogP) is 6.01. The number of nitrogens with one attached hydrogen (secondary N) is 1. The zero-order chi connectivity index (χ0) is 18.1. The van der Waals surface area contributed by atoms with Crippen molar-refractivity contribution in [1.82, 2.24) is 5.32 Å². The Kier molecular flexibility index (Phi) is 8.15. The van der Waals surface area contributed by atoms with Gasteiger partial charge < -0.3 is 5.32 Å². The van der Waals surface area contributed by atoms with Crippen LogP contribution in [0.1, 0.15) is 78.6 Å². The third kappa shape index (κ3) is 5.41. The summed E-state index contributed by atoms with van der Waals surface area (Å²) < 4.78 is 0. The first kappa shape index (κ1) is 20.2. The maximum atomic E-state index is 4.67. The van der Waals surface area contributed by atoms with E-state index in [1.54, 1.807) is 5.57 Å². The van der Waals surface area contributed by atoms with Gasteiger partial charge in [-0.2, -0.15) is 0 Å². The molecule has 25 heavy (non-hydrogen) atoms. The molecule has 2 nitrogen and oxygen atoms in total. The van der Waals surface area contributed by atoms with E-state index in [2.05, 4.69) is 49.9 Å². The summed E-state index contributed by atoms with van der Waals surface area (Å²) in [5, 5.41) is 3.51. The fourth-order valence-electron chi connectivity index (χ4n) is 4.45. The van der Waals surface area contributed by atoms with Gasteiger partial charge in [0, 0.05) is 18.2 Å². The van der Waals surface area contributed by atoms with Crippen LogP contribution in [0.2, 0.25) is 0 Å². The highest BCUT2D eigenvalue weighted by molar-refractivity contribution is 5.80. The smallest absolute Gasteiger partial charge is 0.0389 e. The second-order valence-electron chi connectivity index (χ2n) is 7.94. The topological polar surface area (TPSA) is 24.4 Å². The summed E-state index contributed by atoms with van der Waals surface area (Å²) in [6.07, 6.45) is 15.8. The molecule has 0 aromatic carbocycles. The number of hydrogen-bond acceptors (Lipinski definition) is 2. The van der Waals surface area contributed by atoms with Crippen LogP contribution in [0.4, 0.5) is 0 Å². The van der Waals surface area contributed by atoms with Crippen molar-refractivity contribution < 1.29 is 0 Å². The summed E-state index contributed by atoms with van der Waals surface area (Å²) in [7, 11) is 0. The van der Waals surface area contributed by atoms with Crippen LogP contribution in [0.15, 0.2) is 39.9 Å². The van der Waals surface area contributed by atoms with Crippen molar-refractivity contribution in [1.29, 1.82) is 0 Å². The number of nitrogens with zero attached hydrogens (tertiary/aromatic N) is 1. The van der Waals surface area contributed by atoms with E-state index in [1.165, 1.54) is 68.1 Å². The second-order valence-corrected chi connectivity index (χ2v) is 7.94. The van der Waals surface area contributed by atoms with E-state index in [4.69, 9.17) is 0 Å². The van der Waals surface area contributed by atoms with Gasteiger partial charge in [0.25, 0.3) is 0 Å². The average Bonchev–Trinajstić information content (AvgIpc) is 2.61. The monoisotopic (exact) mass is 342 g/mol. The molecule has 0 saturated carbocycles. The lowest BCUT2D eigenvalue weighted by Gasteiger charge is -2.42. The van der Waals surface area contributed by atoms with Gasteiger partial charge in [0.15, 0.2) is 0 Å². The van der Waals surface area contributed by atoms with Gasteiger partial charge in [-0.1, -0.05) is 62.0 Å².